The van der Waals surface area contributed by atoms with E-state index in [1.807, 2.05) is 0 Å². The van der Waals surface area contributed by atoms with Crippen LogP contribution in [0.15, 0.2) is 326 Å². The van der Waals surface area contributed by atoms with E-state index < -0.39 is 16.1 Å². The van der Waals surface area contributed by atoms with Gasteiger partial charge in [-0.15, -0.1) is 0 Å². The van der Waals surface area contributed by atoms with E-state index in [4.69, 9.17) is 0 Å². The molecule has 3 heteroatoms. The molecule has 12 aromatic rings. The number of allylic oxidation sites excluding steroid dienone is 5. The van der Waals surface area contributed by atoms with Crippen molar-refractivity contribution in [1.82, 2.24) is 4.57 Å². The molecule has 1 heterocycles. The summed E-state index contributed by atoms with van der Waals surface area (Å²) in [6, 6.07) is 110. The van der Waals surface area contributed by atoms with Crippen LogP contribution in [-0.2, 0) is 0 Å². The Hall–Kier alpha value is -9.13. The van der Waals surface area contributed by atoms with Crippen molar-refractivity contribution in [1.29, 1.82) is 0 Å². The lowest BCUT2D eigenvalue weighted by molar-refractivity contribution is 0.734. The molecule has 0 saturated carbocycles. The highest BCUT2D eigenvalue weighted by Crippen LogP contribution is 2.59. The molecular formula is C75H57NSi2. The molecule has 0 spiro atoms. The predicted octanol–water partition coefficient (Wildman–Crippen LogP) is 13.6. The number of rotatable bonds is 12. The Morgan fingerprint density at radius 3 is 1.44 bits per heavy atom. The third kappa shape index (κ3) is 7.19. The van der Waals surface area contributed by atoms with Gasteiger partial charge < -0.3 is 4.57 Å². The Kier molecular flexibility index (Phi) is 11.8. The van der Waals surface area contributed by atoms with Crippen molar-refractivity contribution in [2.75, 3.05) is 0 Å². The molecule has 2 atom stereocenters. The number of nitrogens with zero attached hydrogens (tertiary/aromatic N) is 1. The van der Waals surface area contributed by atoms with Crippen LogP contribution >= 0.6 is 0 Å². The van der Waals surface area contributed by atoms with Gasteiger partial charge in [0.05, 0.1) is 16.7 Å². The summed E-state index contributed by atoms with van der Waals surface area (Å²) in [6.07, 6.45) is 4.48. The standard InChI is InChI=1S/C75H57NSi2/c1-3-28-71(78(59-38-18-8-19-39-59,60-40-20-9-21-41-60)61-42-26-31-55(51-61)54-29-10-4-11-30-54)73-53(2)72-64-44-22-23-45-65(64)75(73)74-66(72)46-27-48-70(74)76-68-47-25-24-43-63(68)67-52-62(49-50-69(67)76)77(56-32-12-5-13-33-56,57-34-14-6-15-35-57)58-36-16-7-17-37-58/h3-52,72,75H,1H2,2H3/b71-28+. The van der Waals surface area contributed by atoms with E-state index >= 15 is 0 Å². The fraction of sp³-hybridized carbons (Fsp3) is 0.0400. The molecule has 0 N–H and O–H groups in total. The van der Waals surface area contributed by atoms with E-state index in [1.54, 1.807) is 0 Å². The first kappa shape index (κ1) is 47.3. The highest BCUT2D eigenvalue weighted by molar-refractivity contribution is 7.20. The Balaban J connectivity index is 1.04. The van der Waals surface area contributed by atoms with Crippen LogP contribution < -0.4 is 36.3 Å². The Morgan fingerprint density at radius 1 is 0.385 bits per heavy atom. The Labute approximate surface area is 460 Å². The van der Waals surface area contributed by atoms with Crippen LogP contribution in [0.4, 0.5) is 0 Å². The van der Waals surface area contributed by atoms with E-state index in [2.05, 4.69) is 321 Å². The zero-order chi connectivity index (χ0) is 52.2. The Bertz CT molecular complexity index is 4140. The fourth-order valence-electron chi connectivity index (χ4n) is 14.2. The highest BCUT2D eigenvalue weighted by atomic mass is 28.3. The molecule has 15 rings (SSSR count). The van der Waals surface area contributed by atoms with Gasteiger partial charge in [-0.25, -0.2) is 0 Å². The zero-order valence-electron chi connectivity index (χ0n) is 43.7. The second-order valence-electron chi connectivity index (χ2n) is 21.0. The lowest BCUT2D eigenvalue weighted by Gasteiger charge is -2.48. The topological polar surface area (TPSA) is 4.93 Å². The van der Waals surface area contributed by atoms with Gasteiger partial charge in [-0.2, -0.15) is 0 Å². The van der Waals surface area contributed by atoms with Crippen molar-refractivity contribution in [3.63, 3.8) is 0 Å². The molecule has 0 radical (unpaired) electrons. The van der Waals surface area contributed by atoms with Crippen molar-refractivity contribution in [2.45, 2.75) is 18.8 Å². The molecule has 0 amide bonds. The van der Waals surface area contributed by atoms with Crippen LogP contribution in [0.5, 0.6) is 0 Å². The monoisotopic (exact) mass is 1030 g/mol. The number of aromatic nitrogens is 1. The Morgan fingerprint density at radius 2 is 0.846 bits per heavy atom. The minimum absolute atomic E-state index is 0.0483. The van der Waals surface area contributed by atoms with Gasteiger partial charge in [0, 0.05) is 22.6 Å². The van der Waals surface area contributed by atoms with Gasteiger partial charge in [-0.05, 0) is 106 Å². The number of hydrogen-bond acceptors (Lipinski definition) is 0. The van der Waals surface area contributed by atoms with E-state index in [0.29, 0.717) is 0 Å². The van der Waals surface area contributed by atoms with Gasteiger partial charge in [0.2, 0.25) is 0 Å². The summed E-state index contributed by atoms with van der Waals surface area (Å²) >= 11 is 0. The minimum Gasteiger partial charge on any atom is -0.309 e. The maximum atomic E-state index is 4.56. The SMILES string of the molecule is C=C/C=C(\C1=C(C)C2c3ccccc3C1c1c2cccc1-n1c2ccccc2c2cc([Si](c3ccccc3)(c3ccccc3)c3ccccc3)ccc21)[Si](c1ccccc1)(c1ccccc1)c1cccc(-c2ccccc2)c1. The summed E-state index contributed by atoms with van der Waals surface area (Å²) in [5.41, 5.74) is 14.5. The second kappa shape index (κ2) is 19.5. The molecule has 78 heavy (non-hydrogen) atoms. The average Bonchev–Trinajstić information content (AvgIpc) is 3.99. The van der Waals surface area contributed by atoms with Crippen LogP contribution in [0.25, 0.3) is 38.6 Å². The third-order valence-corrected chi connectivity index (χ3v) is 26.8. The maximum Gasteiger partial charge on any atom is 0.179 e. The molecule has 0 fully saturated rings. The molecule has 1 aromatic heterocycles. The molecule has 1 nitrogen and oxygen atoms in total. The predicted molar refractivity (Wildman–Crippen MR) is 335 cm³/mol. The smallest absolute Gasteiger partial charge is 0.179 e. The second-order valence-corrected chi connectivity index (χ2v) is 28.6. The lowest BCUT2D eigenvalue weighted by Crippen LogP contribution is -2.74. The normalized spacial score (nSPS) is 15.1. The van der Waals surface area contributed by atoms with Crippen molar-refractivity contribution in [3.8, 4) is 16.8 Å². The van der Waals surface area contributed by atoms with Gasteiger partial charge in [-0.3, -0.25) is 0 Å². The molecular weight excluding hydrogens is 971 g/mol. The fourth-order valence-corrected chi connectivity index (χ4v) is 24.1. The molecule has 11 aromatic carbocycles. The summed E-state index contributed by atoms with van der Waals surface area (Å²) in [5, 5.41) is 13.4. The molecule has 3 aliphatic rings. The highest BCUT2D eigenvalue weighted by Gasteiger charge is 2.51. The lowest BCUT2D eigenvalue weighted by atomic mass is 9.60. The first-order valence-electron chi connectivity index (χ1n) is 27.4. The van der Waals surface area contributed by atoms with Crippen molar-refractivity contribution in [2.24, 2.45) is 0 Å². The van der Waals surface area contributed by atoms with Crippen LogP contribution in [-0.4, -0.2) is 20.7 Å². The van der Waals surface area contributed by atoms with Crippen LogP contribution in [0, 0.1) is 0 Å². The number of para-hydroxylation sites is 1. The van der Waals surface area contributed by atoms with Crippen LogP contribution in [0.3, 0.4) is 0 Å². The summed E-state index contributed by atoms with van der Waals surface area (Å²) < 4.78 is 2.61. The van der Waals surface area contributed by atoms with Crippen molar-refractivity contribution in [3.05, 3.63) is 349 Å². The van der Waals surface area contributed by atoms with Crippen LogP contribution in [0.1, 0.15) is 41.0 Å². The quantitative estimate of drug-likeness (QED) is 0.0653. The summed E-state index contributed by atoms with van der Waals surface area (Å²) in [7, 11) is -6.04. The van der Waals surface area contributed by atoms with E-state index in [9.17, 15) is 0 Å². The number of benzene rings is 11. The third-order valence-electron chi connectivity index (χ3n) is 17.2. The largest absolute Gasteiger partial charge is 0.309 e. The number of fused-ring (bicyclic) bond motifs is 3. The van der Waals surface area contributed by atoms with Gasteiger partial charge in [0.15, 0.2) is 16.1 Å². The zero-order valence-corrected chi connectivity index (χ0v) is 45.7. The average molecular weight is 1030 g/mol. The summed E-state index contributed by atoms with van der Waals surface area (Å²) in [5.74, 6) is -0.0304. The minimum atomic E-state index is -3.20. The van der Waals surface area contributed by atoms with E-state index in [1.165, 1.54) is 114 Å². The van der Waals surface area contributed by atoms with Gasteiger partial charge in [0.1, 0.15) is 0 Å². The molecule has 370 valence electrons. The van der Waals surface area contributed by atoms with Crippen LogP contribution in [0.2, 0.25) is 0 Å². The first-order chi connectivity index (χ1) is 38.6. The van der Waals surface area contributed by atoms with E-state index in [0.717, 1.165) is 0 Å². The first-order valence-corrected chi connectivity index (χ1v) is 31.4. The molecule has 3 aliphatic carbocycles. The molecule has 2 unspecified atom stereocenters. The summed E-state index contributed by atoms with van der Waals surface area (Å²) in [4.78, 5) is 0. The van der Waals surface area contributed by atoms with Crippen molar-refractivity contribution >= 4 is 74.3 Å². The van der Waals surface area contributed by atoms with Crippen molar-refractivity contribution < 1.29 is 0 Å². The molecule has 2 bridgehead atoms. The number of hydrogen-bond donors (Lipinski definition) is 0. The van der Waals surface area contributed by atoms with Gasteiger partial charge in [-0.1, -0.05) is 297 Å². The van der Waals surface area contributed by atoms with Gasteiger partial charge >= 0.3 is 0 Å². The molecule has 0 saturated heterocycles. The maximum absolute atomic E-state index is 4.56. The van der Waals surface area contributed by atoms with E-state index in [-0.39, 0.29) is 11.8 Å². The molecule has 0 aliphatic heterocycles. The van der Waals surface area contributed by atoms with Gasteiger partial charge in [0.25, 0.3) is 0 Å². The summed E-state index contributed by atoms with van der Waals surface area (Å²) in [6.45, 7) is 7.00.